The van der Waals surface area contributed by atoms with Crippen molar-refractivity contribution in [2.75, 3.05) is 44.1 Å². The molecule has 1 aliphatic heterocycles. The summed E-state index contributed by atoms with van der Waals surface area (Å²) in [6, 6.07) is 11.9. The number of benzene rings is 2. The van der Waals surface area contributed by atoms with Crippen molar-refractivity contribution >= 4 is 22.7 Å². The van der Waals surface area contributed by atoms with E-state index in [1.807, 2.05) is 37.3 Å². The molecule has 2 aromatic carbocycles. The van der Waals surface area contributed by atoms with Gasteiger partial charge in [-0.05, 0) is 49.6 Å². The van der Waals surface area contributed by atoms with Crippen molar-refractivity contribution in [2.24, 2.45) is 0 Å². The Morgan fingerprint density at radius 3 is 2.47 bits per heavy atom. The zero-order valence-corrected chi connectivity index (χ0v) is 19.1. The summed E-state index contributed by atoms with van der Waals surface area (Å²) >= 11 is 0. The minimum atomic E-state index is -0.0302. The minimum absolute atomic E-state index is 0.0302. The zero-order chi connectivity index (χ0) is 22.7. The van der Waals surface area contributed by atoms with E-state index in [4.69, 9.17) is 19.4 Å². The van der Waals surface area contributed by atoms with E-state index in [1.165, 1.54) is 0 Å². The van der Waals surface area contributed by atoms with Crippen molar-refractivity contribution in [1.82, 2.24) is 9.97 Å². The number of nitrogens with zero attached hydrogens (tertiary/aromatic N) is 3. The van der Waals surface area contributed by atoms with Crippen LogP contribution < -0.4 is 19.7 Å². The number of ether oxygens (including phenoxy) is 2. The van der Waals surface area contributed by atoms with E-state index in [2.05, 4.69) is 29.3 Å². The third-order valence-electron chi connectivity index (χ3n) is 6.01. The molecule has 0 saturated heterocycles. The molecule has 4 rings (SSSR count). The van der Waals surface area contributed by atoms with Crippen LogP contribution in [-0.2, 0) is 0 Å². The highest BCUT2D eigenvalue weighted by atomic mass is 16.5. The standard InChI is InChI=1S/C25H30N4O3/c1-16-19(9-10-22(31-3)23(16)32-4)17(2)26-24-25(29-13-11-18(15-30)12-14-29)28-21-8-6-5-7-20(21)27-24/h5-11,17,30H,12-15H2,1-4H3,(H,26,27). The molecule has 0 spiro atoms. The third kappa shape index (κ3) is 4.21. The first kappa shape index (κ1) is 21.9. The van der Waals surface area contributed by atoms with Gasteiger partial charge in [-0.25, -0.2) is 9.97 Å². The number of aromatic nitrogens is 2. The second-order valence-corrected chi connectivity index (χ2v) is 7.98. The molecule has 1 aliphatic rings. The van der Waals surface area contributed by atoms with Crippen LogP contribution in [0, 0.1) is 6.92 Å². The Morgan fingerprint density at radius 1 is 1.09 bits per heavy atom. The van der Waals surface area contributed by atoms with Gasteiger partial charge in [-0.2, -0.15) is 0 Å². The van der Waals surface area contributed by atoms with Crippen molar-refractivity contribution in [1.29, 1.82) is 0 Å². The lowest BCUT2D eigenvalue weighted by Crippen LogP contribution is -2.31. The van der Waals surface area contributed by atoms with Gasteiger partial charge < -0.3 is 24.8 Å². The van der Waals surface area contributed by atoms with Gasteiger partial charge in [0, 0.05) is 18.7 Å². The number of aliphatic hydroxyl groups is 1. The van der Waals surface area contributed by atoms with Gasteiger partial charge in [0.05, 0.1) is 37.9 Å². The highest BCUT2D eigenvalue weighted by Crippen LogP contribution is 2.37. The summed E-state index contributed by atoms with van der Waals surface area (Å²) in [4.78, 5) is 12.1. The first-order valence-electron chi connectivity index (χ1n) is 10.8. The second kappa shape index (κ2) is 9.44. The molecule has 2 N–H and O–H groups in total. The summed E-state index contributed by atoms with van der Waals surface area (Å²) in [6.45, 7) is 5.74. The van der Waals surface area contributed by atoms with E-state index < -0.39 is 0 Å². The molecule has 7 heteroatoms. The Balaban J connectivity index is 1.71. The summed E-state index contributed by atoms with van der Waals surface area (Å²) in [5.41, 5.74) is 4.90. The van der Waals surface area contributed by atoms with Gasteiger partial charge in [0.25, 0.3) is 0 Å². The summed E-state index contributed by atoms with van der Waals surface area (Å²) in [6.07, 6.45) is 2.89. The second-order valence-electron chi connectivity index (χ2n) is 7.98. The first-order valence-corrected chi connectivity index (χ1v) is 10.8. The Morgan fingerprint density at radius 2 is 1.84 bits per heavy atom. The summed E-state index contributed by atoms with van der Waals surface area (Å²) < 4.78 is 11.0. The van der Waals surface area contributed by atoms with E-state index in [9.17, 15) is 5.11 Å². The number of hydrogen-bond donors (Lipinski definition) is 2. The predicted molar refractivity (Wildman–Crippen MR) is 128 cm³/mol. The van der Waals surface area contributed by atoms with Crippen molar-refractivity contribution in [3.05, 3.63) is 59.2 Å². The fraction of sp³-hybridized carbons (Fsp3) is 0.360. The van der Waals surface area contributed by atoms with Crippen molar-refractivity contribution in [3.63, 3.8) is 0 Å². The molecule has 0 fully saturated rings. The Bertz CT molecular complexity index is 1150. The van der Waals surface area contributed by atoms with Crippen LogP contribution in [0.3, 0.4) is 0 Å². The lowest BCUT2D eigenvalue weighted by Gasteiger charge is -2.29. The number of nitrogens with one attached hydrogen (secondary N) is 1. The van der Waals surface area contributed by atoms with Crippen LogP contribution >= 0.6 is 0 Å². The fourth-order valence-corrected chi connectivity index (χ4v) is 4.20. The highest BCUT2D eigenvalue weighted by Gasteiger charge is 2.22. The lowest BCUT2D eigenvalue weighted by atomic mass is 10.0. The number of methoxy groups -OCH3 is 2. The molecule has 0 amide bonds. The number of anilines is 2. The van der Waals surface area contributed by atoms with Crippen LogP contribution in [0.4, 0.5) is 11.6 Å². The van der Waals surface area contributed by atoms with Crippen LogP contribution in [0.15, 0.2) is 48.0 Å². The van der Waals surface area contributed by atoms with Gasteiger partial charge in [-0.3, -0.25) is 0 Å². The number of rotatable bonds is 7. The highest BCUT2D eigenvalue weighted by molar-refractivity contribution is 5.81. The largest absolute Gasteiger partial charge is 0.493 e. The van der Waals surface area contributed by atoms with Crippen molar-refractivity contribution in [2.45, 2.75) is 26.3 Å². The van der Waals surface area contributed by atoms with Crippen LogP contribution in [0.2, 0.25) is 0 Å². The predicted octanol–water partition coefficient (Wildman–Crippen LogP) is 4.26. The Kier molecular flexibility index (Phi) is 6.46. The molecule has 2 heterocycles. The van der Waals surface area contributed by atoms with E-state index in [-0.39, 0.29) is 12.6 Å². The molecule has 0 bridgehead atoms. The number of aliphatic hydroxyl groups excluding tert-OH is 1. The normalized spacial score (nSPS) is 14.8. The summed E-state index contributed by atoms with van der Waals surface area (Å²) in [5, 5.41) is 13.0. The molecule has 1 unspecified atom stereocenters. The van der Waals surface area contributed by atoms with Gasteiger partial charge in [-0.1, -0.05) is 24.3 Å². The van der Waals surface area contributed by atoms with Gasteiger partial charge in [0.15, 0.2) is 23.1 Å². The maximum absolute atomic E-state index is 9.45. The molecule has 7 nitrogen and oxygen atoms in total. The van der Waals surface area contributed by atoms with Crippen LogP contribution in [-0.4, -0.2) is 49.0 Å². The van der Waals surface area contributed by atoms with Gasteiger partial charge in [0.2, 0.25) is 0 Å². The fourth-order valence-electron chi connectivity index (χ4n) is 4.20. The van der Waals surface area contributed by atoms with Crippen LogP contribution in [0.1, 0.15) is 30.5 Å². The molecular weight excluding hydrogens is 404 g/mol. The van der Waals surface area contributed by atoms with Gasteiger partial charge in [0.1, 0.15) is 0 Å². The molecule has 3 aromatic rings. The molecular formula is C25H30N4O3. The SMILES string of the molecule is COc1ccc(C(C)Nc2nc3ccccc3nc2N2CC=C(CO)CC2)c(C)c1OC. The maximum atomic E-state index is 9.45. The summed E-state index contributed by atoms with van der Waals surface area (Å²) in [5.74, 6) is 3.02. The molecule has 0 aliphatic carbocycles. The van der Waals surface area contributed by atoms with Crippen LogP contribution in [0.5, 0.6) is 11.5 Å². The van der Waals surface area contributed by atoms with Gasteiger partial charge in [-0.15, -0.1) is 0 Å². The molecule has 0 saturated carbocycles. The third-order valence-corrected chi connectivity index (χ3v) is 6.01. The molecule has 1 atom stereocenters. The maximum Gasteiger partial charge on any atom is 0.172 e. The van der Waals surface area contributed by atoms with E-state index >= 15 is 0 Å². The quantitative estimate of drug-likeness (QED) is 0.538. The van der Waals surface area contributed by atoms with E-state index in [0.29, 0.717) is 12.3 Å². The molecule has 32 heavy (non-hydrogen) atoms. The Labute approximate surface area is 188 Å². The van der Waals surface area contributed by atoms with E-state index in [0.717, 1.165) is 58.1 Å². The smallest absolute Gasteiger partial charge is 0.172 e. The topological polar surface area (TPSA) is 79.7 Å². The number of fused-ring (bicyclic) bond motifs is 1. The average Bonchev–Trinajstić information content (AvgIpc) is 2.83. The van der Waals surface area contributed by atoms with Crippen molar-refractivity contribution < 1.29 is 14.6 Å². The van der Waals surface area contributed by atoms with Crippen LogP contribution in [0.25, 0.3) is 11.0 Å². The zero-order valence-electron chi connectivity index (χ0n) is 19.1. The van der Waals surface area contributed by atoms with Crippen molar-refractivity contribution in [3.8, 4) is 11.5 Å². The Hall–Kier alpha value is -3.32. The average molecular weight is 435 g/mol. The van der Waals surface area contributed by atoms with Gasteiger partial charge >= 0.3 is 0 Å². The molecule has 168 valence electrons. The first-order chi connectivity index (χ1) is 15.5. The monoisotopic (exact) mass is 434 g/mol. The molecule has 0 radical (unpaired) electrons. The minimum Gasteiger partial charge on any atom is -0.493 e. The van der Waals surface area contributed by atoms with E-state index in [1.54, 1.807) is 14.2 Å². The number of para-hydroxylation sites is 2. The summed E-state index contributed by atoms with van der Waals surface area (Å²) in [7, 11) is 3.30. The number of hydrogen-bond acceptors (Lipinski definition) is 7. The lowest BCUT2D eigenvalue weighted by molar-refractivity contribution is 0.325. The molecule has 1 aromatic heterocycles.